The van der Waals surface area contributed by atoms with Gasteiger partial charge in [-0.3, -0.25) is 0 Å². The highest BCUT2D eigenvalue weighted by molar-refractivity contribution is 9.10. The first-order chi connectivity index (χ1) is 4.61. The first-order valence-corrected chi connectivity index (χ1v) is 5.04. The summed E-state index contributed by atoms with van der Waals surface area (Å²) in [6, 6.07) is 0. The summed E-state index contributed by atoms with van der Waals surface area (Å²) in [6.07, 6.45) is -0.392. The average Bonchev–Trinajstić information content (AvgIpc) is 1.82. The van der Waals surface area contributed by atoms with Gasteiger partial charge in [0, 0.05) is 9.65 Å². The second kappa shape index (κ2) is 3.50. The quantitative estimate of drug-likeness (QED) is 0.671. The van der Waals surface area contributed by atoms with E-state index in [-0.39, 0.29) is 9.65 Å². The highest BCUT2D eigenvalue weighted by Crippen LogP contribution is 2.31. The third-order valence-electron chi connectivity index (χ3n) is 1.70. The molecule has 4 heteroatoms. The van der Waals surface area contributed by atoms with E-state index in [0.717, 1.165) is 0 Å². The van der Waals surface area contributed by atoms with Gasteiger partial charge in [0.25, 0.3) is 0 Å². The van der Waals surface area contributed by atoms with E-state index >= 15 is 0 Å². The minimum atomic E-state index is -0.780. The molecule has 0 aliphatic heterocycles. The van der Waals surface area contributed by atoms with Crippen LogP contribution >= 0.6 is 31.9 Å². The summed E-state index contributed by atoms with van der Waals surface area (Å²) in [5.41, 5.74) is 0. The van der Waals surface area contributed by atoms with Crippen LogP contribution in [-0.4, -0.2) is 27.0 Å². The van der Waals surface area contributed by atoms with E-state index in [1.165, 1.54) is 0 Å². The molecule has 1 aliphatic carbocycles. The smallest absolute Gasteiger partial charge is 0.102 e. The van der Waals surface area contributed by atoms with E-state index in [2.05, 4.69) is 31.9 Å². The van der Waals surface area contributed by atoms with Crippen molar-refractivity contribution in [2.45, 2.75) is 34.8 Å². The Labute approximate surface area is 76.3 Å². The molecule has 0 amide bonds. The van der Waals surface area contributed by atoms with Gasteiger partial charge < -0.3 is 5.11 Å². The first kappa shape index (κ1) is 8.94. The lowest BCUT2D eigenvalue weighted by Gasteiger charge is -2.29. The molecule has 1 aliphatic rings. The Kier molecular flexibility index (Phi) is 3.13. The zero-order chi connectivity index (χ0) is 7.72. The van der Waals surface area contributed by atoms with Gasteiger partial charge in [-0.15, -0.1) is 0 Å². The highest BCUT2D eigenvalue weighted by Gasteiger charge is 2.33. The summed E-state index contributed by atoms with van der Waals surface area (Å²) in [7, 11) is 0. The number of halogens is 3. The molecule has 1 saturated carbocycles. The number of rotatable bonds is 0. The Hall–Kier alpha value is 0.850. The summed E-state index contributed by atoms with van der Waals surface area (Å²) >= 11 is 6.43. The van der Waals surface area contributed by atoms with Gasteiger partial charge in [0.05, 0.1) is 6.10 Å². The van der Waals surface area contributed by atoms with E-state index in [4.69, 9.17) is 0 Å². The van der Waals surface area contributed by atoms with Crippen molar-refractivity contribution >= 4 is 31.9 Å². The van der Waals surface area contributed by atoms with Gasteiger partial charge in [0.15, 0.2) is 0 Å². The fraction of sp³-hybridized carbons (Fsp3) is 1.00. The maximum Gasteiger partial charge on any atom is 0.102 e. The van der Waals surface area contributed by atoms with Gasteiger partial charge in [-0.2, -0.15) is 0 Å². The van der Waals surface area contributed by atoms with Gasteiger partial charge in [-0.25, -0.2) is 4.39 Å². The number of aliphatic hydroxyl groups excluding tert-OH is 1. The Balaban J connectivity index is 2.49. The van der Waals surface area contributed by atoms with Crippen molar-refractivity contribution in [3.8, 4) is 0 Å². The second-order valence-corrected chi connectivity index (χ2v) is 4.94. The molecule has 0 spiro atoms. The lowest BCUT2D eigenvalue weighted by molar-refractivity contribution is 0.111. The van der Waals surface area contributed by atoms with Crippen LogP contribution in [0.4, 0.5) is 4.39 Å². The number of hydrogen-bond donors (Lipinski definition) is 1. The fourth-order valence-electron chi connectivity index (χ4n) is 1.09. The molecule has 2 unspecified atom stereocenters. The summed E-state index contributed by atoms with van der Waals surface area (Å²) in [4.78, 5) is -0.193. The van der Waals surface area contributed by atoms with Gasteiger partial charge in [-0.05, 0) is 12.8 Å². The van der Waals surface area contributed by atoms with Crippen LogP contribution in [0.5, 0.6) is 0 Å². The van der Waals surface area contributed by atoms with Gasteiger partial charge in [0.1, 0.15) is 6.17 Å². The summed E-state index contributed by atoms with van der Waals surface area (Å²) in [6.45, 7) is 0. The lowest BCUT2D eigenvalue weighted by Crippen LogP contribution is -2.38. The van der Waals surface area contributed by atoms with Crippen LogP contribution < -0.4 is 0 Å². The van der Waals surface area contributed by atoms with E-state index in [1.807, 2.05) is 0 Å². The molecule has 0 aromatic heterocycles. The molecular weight excluding hydrogens is 267 g/mol. The van der Waals surface area contributed by atoms with Crippen molar-refractivity contribution in [3.05, 3.63) is 0 Å². The fourth-order valence-corrected chi connectivity index (χ4v) is 3.05. The van der Waals surface area contributed by atoms with Gasteiger partial charge >= 0.3 is 0 Å². The summed E-state index contributed by atoms with van der Waals surface area (Å²) in [5.74, 6) is 0. The standard InChI is InChI=1S/C6H9Br2FO/c7-4-1-3(9)2-5(8)6(4)10/h3-6,10H,1-2H2. The Morgan fingerprint density at radius 1 is 1.20 bits per heavy atom. The van der Waals surface area contributed by atoms with Crippen LogP contribution in [0.15, 0.2) is 0 Å². The largest absolute Gasteiger partial charge is 0.391 e. The van der Waals surface area contributed by atoms with Crippen LogP contribution in [0, 0.1) is 0 Å². The van der Waals surface area contributed by atoms with Crippen LogP contribution in [-0.2, 0) is 0 Å². The minimum absolute atomic E-state index is 0.0966. The van der Waals surface area contributed by atoms with Crippen molar-refractivity contribution in [2.24, 2.45) is 0 Å². The molecule has 0 bridgehead atoms. The Bertz CT molecular complexity index is 110. The molecule has 1 fully saturated rings. The monoisotopic (exact) mass is 274 g/mol. The van der Waals surface area contributed by atoms with Crippen molar-refractivity contribution in [2.75, 3.05) is 0 Å². The molecular formula is C6H9Br2FO. The van der Waals surface area contributed by atoms with Crippen molar-refractivity contribution in [1.29, 1.82) is 0 Å². The van der Waals surface area contributed by atoms with Crippen molar-refractivity contribution < 1.29 is 9.50 Å². The molecule has 1 N–H and O–H groups in total. The predicted octanol–water partition coefficient (Wildman–Crippen LogP) is 2.01. The highest BCUT2D eigenvalue weighted by atomic mass is 79.9. The Morgan fingerprint density at radius 2 is 1.60 bits per heavy atom. The first-order valence-electron chi connectivity index (χ1n) is 3.21. The van der Waals surface area contributed by atoms with Crippen LogP contribution in [0.1, 0.15) is 12.8 Å². The number of aliphatic hydroxyl groups is 1. The molecule has 2 atom stereocenters. The SMILES string of the molecule is OC1C(Br)CC(F)CC1Br. The van der Waals surface area contributed by atoms with E-state index in [9.17, 15) is 9.50 Å². The van der Waals surface area contributed by atoms with Gasteiger partial charge in [0.2, 0.25) is 0 Å². The third-order valence-corrected chi connectivity index (χ3v) is 3.53. The van der Waals surface area contributed by atoms with E-state index < -0.39 is 12.3 Å². The van der Waals surface area contributed by atoms with Crippen LogP contribution in [0.3, 0.4) is 0 Å². The molecule has 0 radical (unpaired) electrons. The van der Waals surface area contributed by atoms with E-state index in [0.29, 0.717) is 12.8 Å². The van der Waals surface area contributed by atoms with Crippen molar-refractivity contribution in [1.82, 2.24) is 0 Å². The van der Waals surface area contributed by atoms with E-state index in [1.54, 1.807) is 0 Å². The summed E-state index contributed by atoms with van der Waals surface area (Å²) < 4.78 is 12.7. The zero-order valence-corrected chi connectivity index (χ0v) is 8.48. The zero-order valence-electron chi connectivity index (χ0n) is 5.30. The molecule has 60 valence electrons. The maximum atomic E-state index is 12.7. The maximum absolute atomic E-state index is 12.7. The molecule has 10 heavy (non-hydrogen) atoms. The normalized spacial score (nSPS) is 49.2. The molecule has 1 rings (SSSR count). The van der Waals surface area contributed by atoms with Crippen molar-refractivity contribution in [3.63, 3.8) is 0 Å². The molecule has 1 nitrogen and oxygen atoms in total. The molecule has 0 heterocycles. The lowest BCUT2D eigenvalue weighted by atomic mass is 9.96. The average molecular weight is 276 g/mol. The molecule has 0 aromatic rings. The number of hydrogen-bond acceptors (Lipinski definition) is 1. The molecule has 0 saturated heterocycles. The minimum Gasteiger partial charge on any atom is -0.391 e. The van der Waals surface area contributed by atoms with Crippen LogP contribution in [0.25, 0.3) is 0 Å². The van der Waals surface area contributed by atoms with Crippen LogP contribution in [0.2, 0.25) is 0 Å². The van der Waals surface area contributed by atoms with Gasteiger partial charge in [-0.1, -0.05) is 31.9 Å². The second-order valence-electron chi connectivity index (χ2n) is 2.59. The Morgan fingerprint density at radius 3 is 2.00 bits per heavy atom. The predicted molar refractivity (Wildman–Crippen MR) is 45.6 cm³/mol. The number of alkyl halides is 3. The topological polar surface area (TPSA) is 20.2 Å². The third kappa shape index (κ3) is 1.92. The molecule has 0 aromatic carbocycles. The summed E-state index contributed by atoms with van der Waals surface area (Å²) in [5, 5.41) is 9.30.